The molecule has 4 amide bonds. The molecule has 3 N–H and O–H groups in total. The zero-order valence-electron chi connectivity index (χ0n) is 14.7. The number of anilines is 1. The first-order chi connectivity index (χ1) is 12.5. The number of nitrogens with one attached hydrogen (secondary N) is 3. The van der Waals surface area contributed by atoms with Crippen molar-refractivity contribution in [3.8, 4) is 0 Å². The predicted octanol–water partition coefficient (Wildman–Crippen LogP) is 0.460. The Morgan fingerprint density at radius 1 is 1.19 bits per heavy atom. The molecule has 1 aromatic rings. The minimum Gasteiger partial charge on any atom is -0.340 e. The van der Waals surface area contributed by atoms with Crippen molar-refractivity contribution in [2.45, 2.75) is 31.3 Å². The van der Waals surface area contributed by atoms with Crippen molar-refractivity contribution in [1.82, 2.24) is 21.1 Å². The van der Waals surface area contributed by atoms with Gasteiger partial charge in [-0.3, -0.25) is 30.7 Å². The molecule has 3 aliphatic rings. The summed E-state index contributed by atoms with van der Waals surface area (Å²) >= 11 is 0. The monoisotopic (exact) mass is 357 g/mol. The van der Waals surface area contributed by atoms with Crippen LogP contribution in [0, 0.1) is 5.92 Å². The van der Waals surface area contributed by atoms with Crippen LogP contribution in [0.1, 0.15) is 29.6 Å². The summed E-state index contributed by atoms with van der Waals surface area (Å²) in [7, 11) is 1.80. The number of carbonyl (C=O) groups excluding carboxylic acids is 3. The van der Waals surface area contributed by atoms with E-state index in [4.69, 9.17) is 0 Å². The van der Waals surface area contributed by atoms with Crippen molar-refractivity contribution < 1.29 is 14.4 Å². The molecule has 1 aromatic carbocycles. The van der Waals surface area contributed by atoms with E-state index < -0.39 is 6.03 Å². The van der Waals surface area contributed by atoms with Crippen LogP contribution in [0.5, 0.6) is 0 Å². The maximum atomic E-state index is 12.6. The number of carbonyl (C=O) groups is 3. The van der Waals surface area contributed by atoms with Gasteiger partial charge in [-0.05, 0) is 49.4 Å². The third-order valence-electron chi connectivity index (χ3n) is 5.26. The van der Waals surface area contributed by atoms with Crippen LogP contribution in [0.3, 0.4) is 0 Å². The fraction of sp³-hybridized carbons (Fsp3) is 0.500. The number of urea groups is 1. The lowest BCUT2D eigenvalue weighted by Gasteiger charge is -2.21. The number of amides is 4. The Hall–Kier alpha value is -2.45. The Balaban J connectivity index is 1.35. The van der Waals surface area contributed by atoms with Gasteiger partial charge in [-0.25, -0.2) is 4.79 Å². The van der Waals surface area contributed by atoms with Gasteiger partial charge in [0.1, 0.15) is 6.54 Å². The van der Waals surface area contributed by atoms with Crippen LogP contribution in [0.25, 0.3) is 0 Å². The molecule has 4 rings (SSSR count). The fourth-order valence-electron chi connectivity index (χ4n) is 3.65. The smallest absolute Gasteiger partial charge is 0.329 e. The Bertz CT molecular complexity index is 731. The standard InChI is InChI=1S/C18H23N5O3/c1-22(9-13-8-15(21-20-13)11-2-3-11)17(25)12-4-6-14(7-5-12)23-10-16(24)19-18(23)26/h4-7,11,13,15,20-21H,2-3,8-10H2,1H3,(H,19,24,26). The second-order valence-electron chi connectivity index (χ2n) is 7.34. The molecule has 8 nitrogen and oxygen atoms in total. The quantitative estimate of drug-likeness (QED) is 0.666. The summed E-state index contributed by atoms with van der Waals surface area (Å²) in [5, 5.41) is 2.24. The Morgan fingerprint density at radius 2 is 1.92 bits per heavy atom. The Morgan fingerprint density at radius 3 is 2.54 bits per heavy atom. The highest BCUT2D eigenvalue weighted by atomic mass is 16.2. The van der Waals surface area contributed by atoms with Crippen molar-refractivity contribution in [2.75, 3.05) is 25.0 Å². The maximum absolute atomic E-state index is 12.6. The van der Waals surface area contributed by atoms with Gasteiger partial charge in [0, 0.05) is 36.9 Å². The molecule has 2 heterocycles. The second kappa shape index (κ2) is 6.69. The minimum atomic E-state index is -0.434. The topological polar surface area (TPSA) is 93.8 Å². The lowest BCUT2D eigenvalue weighted by atomic mass is 10.1. The molecular weight excluding hydrogens is 334 g/mol. The number of hydrogen-bond donors (Lipinski definition) is 3. The molecule has 1 aliphatic carbocycles. The summed E-state index contributed by atoms with van der Waals surface area (Å²) in [6, 6.07) is 7.12. The zero-order valence-corrected chi connectivity index (χ0v) is 14.7. The number of nitrogens with zero attached hydrogens (tertiary/aromatic N) is 2. The molecule has 2 unspecified atom stereocenters. The van der Waals surface area contributed by atoms with E-state index in [2.05, 4.69) is 16.2 Å². The molecule has 2 saturated heterocycles. The van der Waals surface area contributed by atoms with E-state index in [1.54, 1.807) is 36.2 Å². The van der Waals surface area contributed by atoms with Crippen LogP contribution in [-0.4, -0.2) is 55.0 Å². The Kier molecular flexibility index (Phi) is 4.37. The largest absolute Gasteiger partial charge is 0.340 e. The average molecular weight is 357 g/mol. The summed E-state index contributed by atoms with van der Waals surface area (Å²) in [5.41, 5.74) is 7.79. The third kappa shape index (κ3) is 3.42. The van der Waals surface area contributed by atoms with E-state index in [0.717, 1.165) is 12.3 Å². The number of rotatable bonds is 5. The number of imide groups is 1. The maximum Gasteiger partial charge on any atom is 0.329 e. The Labute approximate surface area is 151 Å². The lowest BCUT2D eigenvalue weighted by Crippen LogP contribution is -2.41. The highest BCUT2D eigenvalue weighted by molar-refractivity contribution is 6.12. The van der Waals surface area contributed by atoms with Gasteiger partial charge in [0.2, 0.25) is 5.91 Å². The molecule has 3 fully saturated rings. The molecule has 26 heavy (non-hydrogen) atoms. The molecule has 2 atom stereocenters. The van der Waals surface area contributed by atoms with Crippen molar-refractivity contribution in [2.24, 2.45) is 5.92 Å². The summed E-state index contributed by atoms with van der Waals surface area (Å²) in [6.45, 7) is 0.647. The summed E-state index contributed by atoms with van der Waals surface area (Å²) < 4.78 is 0. The molecule has 0 spiro atoms. The molecule has 0 radical (unpaired) electrons. The number of benzene rings is 1. The van der Waals surface area contributed by atoms with Gasteiger partial charge in [-0.2, -0.15) is 0 Å². The third-order valence-corrected chi connectivity index (χ3v) is 5.26. The van der Waals surface area contributed by atoms with Crippen LogP contribution in [0.4, 0.5) is 10.5 Å². The van der Waals surface area contributed by atoms with Gasteiger partial charge in [-0.1, -0.05) is 0 Å². The first-order valence-corrected chi connectivity index (χ1v) is 8.99. The summed E-state index contributed by atoms with van der Waals surface area (Å²) in [6.07, 6.45) is 3.64. The molecule has 2 aliphatic heterocycles. The number of hydrazine groups is 1. The van der Waals surface area contributed by atoms with Gasteiger partial charge in [-0.15, -0.1) is 0 Å². The van der Waals surface area contributed by atoms with Crippen LogP contribution in [-0.2, 0) is 4.79 Å². The van der Waals surface area contributed by atoms with Crippen LogP contribution in [0.2, 0.25) is 0 Å². The predicted molar refractivity (Wildman–Crippen MR) is 95.5 cm³/mol. The fourth-order valence-corrected chi connectivity index (χ4v) is 3.65. The van der Waals surface area contributed by atoms with Gasteiger partial charge < -0.3 is 4.90 Å². The van der Waals surface area contributed by atoms with Crippen molar-refractivity contribution in [3.63, 3.8) is 0 Å². The average Bonchev–Trinajstić information content (AvgIpc) is 3.29. The normalized spacial score (nSPS) is 25.5. The van der Waals surface area contributed by atoms with Gasteiger partial charge >= 0.3 is 6.03 Å². The zero-order chi connectivity index (χ0) is 18.3. The van der Waals surface area contributed by atoms with E-state index in [-0.39, 0.29) is 24.4 Å². The molecule has 0 bridgehead atoms. The van der Waals surface area contributed by atoms with E-state index >= 15 is 0 Å². The highest BCUT2D eigenvalue weighted by Crippen LogP contribution is 2.35. The first kappa shape index (κ1) is 17.0. The van der Waals surface area contributed by atoms with Crippen LogP contribution in [0.15, 0.2) is 24.3 Å². The van der Waals surface area contributed by atoms with E-state index in [1.165, 1.54) is 17.7 Å². The van der Waals surface area contributed by atoms with Gasteiger partial charge in [0.15, 0.2) is 0 Å². The SMILES string of the molecule is CN(CC1CC(C2CC2)NN1)C(=O)c1ccc(N2CC(=O)NC2=O)cc1. The van der Waals surface area contributed by atoms with Crippen molar-refractivity contribution in [3.05, 3.63) is 29.8 Å². The molecule has 0 aromatic heterocycles. The van der Waals surface area contributed by atoms with Crippen molar-refractivity contribution in [1.29, 1.82) is 0 Å². The van der Waals surface area contributed by atoms with E-state index in [1.807, 2.05) is 0 Å². The van der Waals surface area contributed by atoms with E-state index in [0.29, 0.717) is 23.8 Å². The molecule has 1 saturated carbocycles. The van der Waals surface area contributed by atoms with Gasteiger partial charge in [0.25, 0.3) is 5.91 Å². The lowest BCUT2D eigenvalue weighted by molar-refractivity contribution is -0.117. The minimum absolute atomic E-state index is 0.00847. The summed E-state index contributed by atoms with van der Waals surface area (Å²) in [5.74, 6) is 0.406. The molecular formula is C18H23N5O3. The van der Waals surface area contributed by atoms with Crippen LogP contribution >= 0.6 is 0 Å². The van der Waals surface area contributed by atoms with Crippen LogP contribution < -0.4 is 21.1 Å². The number of hydrogen-bond acceptors (Lipinski definition) is 5. The first-order valence-electron chi connectivity index (χ1n) is 8.99. The number of likely N-dealkylation sites (N-methyl/N-ethyl adjacent to an activating group) is 1. The highest BCUT2D eigenvalue weighted by Gasteiger charge is 2.37. The second-order valence-corrected chi connectivity index (χ2v) is 7.34. The molecule has 138 valence electrons. The van der Waals surface area contributed by atoms with E-state index in [9.17, 15) is 14.4 Å². The molecule has 8 heteroatoms. The summed E-state index contributed by atoms with van der Waals surface area (Å²) in [4.78, 5) is 38.7. The van der Waals surface area contributed by atoms with Crippen molar-refractivity contribution >= 4 is 23.5 Å². The van der Waals surface area contributed by atoms with Gasteiger partial charge in [0.05, 0.1) is 0 Å².